The van der Waals surface area contributed by atoms with Crippen molar-refractivity contribution in [3.05, 3.63) is 47.0 Å². The lowest BCUT2D eigenvalue weighted by Gasteiger charge is -2.17. The van der Waals surface area contributed by atoms with Crippen molar-refractivity contribution in [3.8, 4) is 0 Å². The fraction of sp³-hybridized carbons (Fsp3) is 0.231. The summed E-state index contributed by atoms with van der Waals surface area (Å²) < 4.78 is 5.65. The smallest absolute Gasteiger partial charge is 0.407 e. The Labute approximate surface area is 119 Å². The molecule has 0 unspecified atom stereocenters. The molecule has 5 nitrogen and oxygen atoms in total. The van der Waals surface area contributed by atoms with Gasteiger partial charge in [-0.25, -0.2) is 4.79 Å². The minimum absolute atomic E-state index is 0.0754. The van der Waals surface area contributed by atoms with E-state index in [0.29, 0.717) is 5.56 Å². The number of nitrogens with one attached hydrogen (secondary N) is 1. The van der Waals surface area contributed by atoms with Crippen molar-refractivity contribution in [2.45, 2.75) is 12.5 Å². The zero-order chi connectivity index (χ0) is 14.3. The standard InChI is InChI=1S/C13H14BrNO4/c1-2-7-19-13(18)15-11(8-12(16)17)9-3-5-10(14)6-4-9/h2-6,11H,1,7-8H2,(H,15,18)(H,16,17)/t11-/m1/s1. The van der Waals surface area contributed by atoms with Gasteiger partial charge in [-0.3, -0.25) is 4.79 Å². The molecule has 0 fully saturated rings. The van der Waals surface area contributed by atoms with Gasteiger partial charge in [0.2, 0.25) is 0 Å². The van der Waals surface area contributed by atoms with Gasteiger partial charge in [-0.05, 0) is 17.7 Å². The molecule has 102 valence electrons. The Morgan fingerprint density at radius 1 is 1.42 bits per heavy atom. The first-order valence-corrected chi connectivity index (χ1v) is 6.33. The number of rotatable bonds is 6. The first kappa shape index (κ1) is 15.2. The molecule has 19 heavy (non-hydrogen) atoms. The molecule has 1 amide bonds. The molecule has 0 aliphatic heterocycles. The monoisotopic (exact) mass is 327 g/mol. The topological polar surface area (TPSA) is 75.6 Å². The van der Waals surface area contributed by atoms with E-state index in [0.717, 1.165) is 4.47 Å². The van der Waals surface area contributed by atoms with Crippen LogP contribution in [0.2, 0.25) is 0 Å². The average molecular weight is 328 g/mol. The second-order valence-corrected chi connectivity index (χ2v) is 4.65. The lowest BCUT2D eigenvalue weighted by Crippen LogP contribution is -2.30. The molecule has 6 heteroatoms. The summed E-state index contributed by atoms with van der Waals surface area (Å²) in [5.74, 6) is -1.00. The average Bonchev–Trinajstić information content (AvgIpc) is 2.36. The van der Waals surface area contributed by atoms with E-state index >= 15 is 0 Å². The fourth-order valence-electron chi connectivity index (χ4n) is 1.44. The Hall–Kier alpha value is -1.82. The number of halogens is 1. The van der Waals surface area contributed by atoms with Crippen LogP contribution in [-0.2, 0) is 9.53 Å². The predicted molar refractivity (Wildman–Crippen MR) is 73.8 cm³/mol. The Balaban J connectivity index is 2.76. The van der Waals surface area contributed by atoms with Gasteiger partial charge in [-0.1, -0.05) is 40.7 Å². The fourth-order valence-corrected chi connectivity index (χ4v) is 1.70. The molecule has 0 saturated heterocycles. The molecule has 0 aliphatic rings. The summed E-state index contributed by atoms with van der Waals surface area (Å²) in [6.45, 7) is 3.50. The highest BCUT2D eigenvalue weighted by molar-refractivity contribution is 9.10. The summed E-state index contributed by atoms with van der Waals surface area (Å²) in [5.41, 5.74) is 0.696. The van der Waals surface area contributed by atoms with Crippen molar-refractivity contribution in [1.82, 2.24) is 5.32 Å². The van der Waals surface area contributed by atoms with E-state index in [9.17, 15) is 9.59 Å². The summed E-state index contributed by atoms with van der Waals surface area (Å²) in [6, 6.07) is 6.40. The number of carboxylic acids is 1. The van der Waals surface area contributed by atoms with Crippen LogP contribution < -0.4 is 5.32 Å². The van der Waals surface area contributed by atoms with Gasteiger partial charge in [0.15, 0.2) is 0 Å². The number of hydrogen-bond donors (Lipinski definition) is 2. The molecule has 2 N–H and O–H groups in total. The Morgan fingerprint density at radius 2 is 2.05 bits per heavy atom. The number of amides is 1. The molecule has 1 rings (SSSR count). The van der Waals surface area contributed by atoms with Crippen molar-refractivity contribution < 1.29 is 19.4 Å². The lowest BCUT2D eigenvalue weighted by molar-refractivity contribution is -0.137. The zero-order valence-corrected chi connectivity index (χ0v) is 11.7. The van der Waals surface area contributed by atoms with E-state index in [2.05, 4.69) is 27.8 Å². The molecule has 1 aromatic carbocycles. The number of carbonyl (C=O) groups is 2. The third kappa shape index (κ3) is 5.56. The minimum atomic E-state index is -1.00. The molecular formula is C13H14BrNO4. The van der Waals surface area contributed by atoms with E-state index in [-0.39, 0.29) is 13.0 Å². The lowest BCUT2D eigenvalue weighted by atomic mass is 10.0. The van der Waals surface area contributed by atoms with Crippen molar-refractivity contribution in [1.29, 1.82) is 0 Å². The highest BCUT2D eigenvalue weighted by Crippen LogP contribution is 2.19. The molecular weight excluding hydrogens is 314 g/mol. The van der Waals surface area contributed by atoms with Crippen LogP contribution in [0.1, 0.15) is 18.0 Å². The van der Waals surface area contributed by atoms with E-state index < -0.39 is 18.1 Å². The van der Waals surface area contributed by atoms with E-state index in [4.69, 9.17) is 9.84 Å². The van der Waals surface area contributed by atoms with Gasteiger partial charge in [0.05, 0.1) is 12.5 Å². The number of ether oxygens (including phenoxy) is 1. The maximum Gasteiger partial charge on any atom is 0.407 e. The normalized spacial score (nSPS) is 11.4. The molecule has 0 aromatic heterocycles. The maximum atomic E-state index is 11.5. The van der Waals surface area contributed by atoms with Gasteiger partial charge in [0.25, 0.3) is 0 Å². The third-order valence-corrected chi connectivity index (χ3v) is 2.80. The van der Waals surface area contributed by atoms with Crippen molar-refractivity contribution in [2.24, 2.45) is 0 Å². The van der Waals surface area contributed by atoms with Crippen LogP contribution in [0, 0.1) is 0 Å². The van der Waals surface area contributed by atoms with E-state index in [1.165, 1.54) is 6.08 Å². The van der Waals surface area contributed by atoms with Gasteiger partial charge in [0.1, 0.15) is 6.61 Å². The number of carboxylic acid groups (broad SMARTS) is 1. The van der Waals surface area contributed by atoms with Crippen molar-refractivity contribution in [3.63, 3.8) is 0 Å². The van der Waals surface area contributed by atoms with Crippen LogP contribution in [0.4, 0.5) is 4.79 Å². The van der Waals surface area contributed by atoms with Crippen LogP contribution in [0.3, 0.4) is 0 Å². The van der Waals surface area contributed by atoms with Crippen LogP contribution in [0.15, 0.2) is 41.4 Å². The van der Waals surface area contributed by atoms with Gasteiger partial charge in [0, 0.05) is 4.47 Å². The Bertz CT molecular complexity index is 458. The number of alkyl carbamates (subject to hydrolysis) is 1. The van der Waals surface area contributed by atoms with Gasteiger partial charge in [-0.15, -0.1) is 0 Å². The quantitative estimate of drug-likeness (QED) is 0.788. The second kappa shape index (κ2) is 7.58. The molecule has 0 bridgehead atoms. The van der Waals surface area contributed by atoms with Gasteiger partial charge < -0.3 is 15.2 Å². The Morgan fingerprint density at radius 3 is 2.58 bits per heavy atom. The summed E-state index contributed by atoms with van der Waals surface area (Å²) in [5, 5.41) is 11.4. The summed E-state index contributed by atoms with van der Waals surface area (Å²) in [7, 11) is 0. The number of hydrogen-bond acceptors (Lipinski definition) is 3. The molecule has 1 atom stereocenters. The summed E-state index contributed by atoms with van der Waals surface area (Å²) >= 11 is 3.29. The molecule has 0 aliphatic carbocycles. The zero-order valence-electron chi connectivity index (χ0n) is 10.1. The third-order valence-electron chi connectivity index (χ3n) is 2.28. The number of aliphatic carboxylic acids is 1. The van der Waals surface area contributed by atoms with Crippen LogP contribution in [-0.4, -0.2) is 23.8 Å². The van der Waals surface area contributed by atoms with Crippen molar-refractivity contribution >= 4 is 28.0 Å². The SMILES string of the molecule is C=CCOC(=O)N[C@H](CC(=O)O)c1ccc(Br)cc1. The molecule has 0 heterocycles. The first-order valence-electron chi connectivity index (χ1n) is 5.54. The highest BCUT2D eigenvalue weighted by atomic mass is 79.9. The van der Waals surface area contributed by atoms with E-state index in [1.807, 2.05) is 0 Å². The molecule has 0 saturated carbocycles. The number of benzene rings is 1. The molecule has 0 spiro atoms. The minimum Gasteiger partial charge on any atom is -0.481 e. The Kier molecular flexibility index (Phi) is 6.08. The predicted octanol–water partition coefficient (Wildman–Crippen LogP) is 2.88. The van der Waals surface area contributed by atoms with Crippen molar-refractivity contribution in [2.75, 3.05) is 6.61 Å². The second-order valence-electron chi connectivity index (χ2n) is 3.73. The van der Waals surface area contributed by atoms with Crippen LogP contribution in [0.5, 0.6) is 0 Å². The molecule has 1 aromatic rings. The molecule has 0 radical (unpaired) electrons. The highest BCUT2D eigenvalue weighted by Gasteiger charge is 2.18. The van der Waals surface area contributed by atoms with E-state index in [1.54, 1.807) is 24.3 Å². The van der Waals surface area contributed by atoms with Gasteiger partial charge >= 0.3 is 12.1 Å². The first-order chi connectivity index (χ1) is 9.02. The van der Waals surface area contributed by atoms with Crippen LogP contribution >= 0.6 is 15.9 Å². The van der Waals surface area contributed by atoms with Gasteiger partial charge in [-0.2, -0.15) is 0 Å². The van der Waals surface area contributed by atoms with Crippen LogP contribution in [0.25, 0.3) is 0 Å². The number of carbonyl (C=O) groups excluding carboxylic acids is 1. The largest absolute Gasteiger partial charge is 0.481 e. The summed E-state index contributed by atoms with van der Waals surface area (Å²) in [4.78, 5) is 22.3. The maximum absolute atomic E-state index is 11.5. The summed E-state index contributed by atoms with van der Waals surface area (Å²) in [6.07, 6.45) is 0.546.